The van der Waals surface area contributed by atoms with Crippen molar-refractivity contribution in [2.45, 2.75) is 26.2 Å². The van der Waals surface area contributed by atoms with Crippen LogP contribution < -0.4 is 5.56 Å². The van der Waals surface area contributed by atoms with Crippen molar-refractivity contribution in [3.8, 4) is 16.8 Å². The molecular formula is C22H22N4O. The first-order valence-corrected chi connectivity index (χ1v) is 8.97. The minimum absolute atomic E-state index is 0.0596. The molecule has 0 N–H and O–H groups in total. The average molecular weight is 358 g/mol. The van der Waals surface area contributed by atoms with Crippen molar-refractivity contribution in [2.75, 3.05) is 0 Å². The third-order valence-corrected chi connectivity index (χ3v) is 4.60. The lowest BCUT2D eigenvalue weighted by molar-refractivity contribution is 0.526. The predicted octanol–water partition coefficient (Wildman–Crippen LogP) is 4.08. The van der Waals surface area contributed by atoms with Gasteiger partial charge in [-0.25, -0.2) is 4.98 Å². The number of aromatic nitrogens is 4. The SMILES string of the molecule is Cn1cc(-c2cccc3nc(C(C)(C)C)n(-c4ccccc4)c(=O)c23)cn1. The Balaban J connectivity index is 2.14. The van der Waals surface area contributed by atoms with Crippen molar-refractivity contribution in [3.05, 3.63) is 77.1 Å². The van der Waals surface area contributed by atoms with Gasteiger partial charge in [0.25, 0.3) is 5.56 Å². The van der Waals surface area contributed by atoms with E-state index in [-0.39, 0.29) is 11.0 Å². The maximum absolute atomic E-state index is 13.7. The predicted molar refractivity (Wildman–Crippen MR) is 108 cm³/mol. The van der Waals surface area contributed by atoms with Gasteiger partial charge in [0.1, 0.15) is 5.82 Å². The summed E-state index contributed by atoms with van der Waals surface area (Å²) < 4.78 is 3.48. The van der Waals surface area contributed by atoms with Crippen molar-refractivity contribution < 1.29 is 0 Å². The van der Waals surface area contributed by atoms with E-state index in [2.05, 4.69) is 25.9 Å². The maximum Gasteiger partial charge on any atom is 0.266 e. The van der Waals surface area contributed by atoms with E-state index in [0.29, 0.717) is 10.9 Å². The fourth-order valence-electron chi connectivity index (χ4n) is 3.35. The molecule has 2 aromatic carbocycles. The summed E-state index contributed by atoms with van der Waals surface area (Å²) in [5, 5.41) is 4.87. The molecule has 4 aromatic rings. The number of benzene rings is 2. The molecule has 0 aliphatic rings. The molecular weight excluding hydrogens is 336 g/mol. The highest BCUT2D eigenvalue weighted by Crippen LogP contribution is 2.29. The zero-order valence-corrected chi connectivity index (χ0v) is 16.0. The molecule has 5 nitrogen and oxygen atoms in total. The minimum atomic E-state index is -0.284. The molecule has 0 unspecified atom stereocenters. The molecule has 2 heterocycles. The van der Waals surface area contributed by atoms with Crippen LogP contribution in [0.2, 0.25) is 0 Å². The van der Waals surface area contributed by atoms with Gasteiger partial charge in [-0.1, -0.05) is 51.1 Å². The summed E-state index contributed by atoms with van der Waals surface area (Å²) in [6.45, 7) is 6.22. The van der Waals surface area contributed by atoms with Crippen molar-refractivity contribution in [1.29, 1.82) is 0 Å². The van der Waals surface area contributed by atoms with Crippen LogP contribution in [0.3, 0.4) is 0 Å². The Morgan fingerprint density at radius 2 is 1.70 bits per heavy atom. The Labute approximate surface area is 157 Å². The number of para-hydroxylation sites is 1. The molecule has 0 fully saturated rings. The molecule has 0 amide bonds. The summed E-state index contributed by atoms with van der Waals surface area (Å²) in [7, 11) is 1.87. The van der Waals surface area contributed by atoms with Crippen LogP contribution in [0, 0.1) is 0 Å². The molecule has 0 atom stereocenters. The Hall–Kier alpha value is -3.21. The Morgan fingerprint density at radius 3 is 2.33 bits per heavy atom. The van der Waals surface area contributed by atoms with Gasteiger partial charge in [-0.05, 0) is 23.8 Å². The van der Waals surface area contributed by atoms with Gasteiger partial charge in [-0.15, -0.1) is 0 Å². The normalized spacial score (nSPS) is 11.9. The van der Waals surface area contributed by atoms with E-state index in [4.69, 9.17) is 4.98 Å². The molecule has 0 spiro atoms. The highest BCUT2D eigenvalue weighted by Gasteiger charge is 2.24. The zero-order chi connectivity index (χ0) is 19.2. The topological polar surface area (TPSA) is 52.7 Å². The quantitative estimate of drug-likeness (QED) is 0.542. The van der Waals surface area contributed by atoms with Gasteiger partial charge in [0.05, 0.1) is 22.8 Å². The van der Waals surface area contributed by atoms with E-state index in [0.717, 1.165) is 22.6 Å². The van der Waals surface area contributed by atoms with Gasteiger partial charge < -0.3 is 0 Å². The lowest BCUT2D eigenvalue weighted by atomic mass is 9.94. The number of rotatable bonds is 2. The molecule has 0 saturated carbocycles. The molecule has 27 heavy (non-hydrogen) atoms. The molecule has 5 heteroatoms. The van der Waals surface area contributed by atoms with Crippen LogP contribution in [0.25, 0.3) is 27.7 Å². The fraction of sp³-hybridized carbons (Fsp3) is 0.227. The third-order valence-electron chi connectivity index (χ3n) is 4.60. The lowest BCUT2D eigenvalue weighted by Crippen LogP contribution is -2.30. The highest BCUT2D eigenvalue weighted by molar-refractivity contribution is 5.94. The number of fused-ring (bicyclic) bond motifs is 1. The van der Waals surface area contributed by atoms with Crippen LogP contribution in [0.15, 0.2) is 65.7 Å². The second kappa shape index (κ2) is 6.20. The fourth-order valence-corrected chi connectivity index (χ4v) is 3.35. The summed E-state index contributed by atoms with van der Waals surface area (Å²) in [5.41, 5.74) is 2.94. The zero-order valence-electron chi connectivity index (χ0n) is 16.0. The molecule has 0 aliphatic heterocycles. The summed E-state index contributed by atoms with van der Waals surface area (Å²) in [6, 6.07) is 15.5. The van der Waals surface area contributed by atoms with E-state index < -0.39 is 0 Å². The van der Waals surface area contributed by atoms with Crippen LogP contribution >= 0.6 is 0 Å². The van der Waals surface area contributed by atoms with Crippen LogP contribution in [0.5, 0.6) is 0 Å². The molecule has 4 rings (SSSR count). The van der Waals surface area contributed by atoms with Crippen LogP contribution in [0.1, 0.15) is 26.6 Å². The van der Waals surface area contributed by atoms with E-state index in [1.165, 1.54) is 0 Å². The van der Waals surface area contributed by atoms with Crippen molar-refractivity contribution >= 4 is 10.9 Å². The second-order valence-corrected chi connectivity index (χ2v) is 7.76. The first kappa shape index (κ1) is 17.2. The Kier molecular flexibility index (Phi) is 3.95. The number of hydrogen-bond acceptors (Lipinski definition) is 3. The van der Waals surface area contributed by atoms with E-state index >= 15 is 0 Å². The van der Waals surface area contributed by atoms with Gasteiger partial charge in [0.15, 0.2) is 0 Å². The largest absolute Gasteiger partial charge is 0.275 e. The van der Waals surface area contributed by atoms with E-state index in [9.17, 15) is 4.79 Å². The highest BCUT2D eigenvalue weighted by atomic mass is 16.1. The summed E-state index contributed by atoms with van der Waals surface area (Å²) >= 11 is 0. The van der Waals surface area contributed by atoms with Gasteiger partial charge in [0, 0.05) is 24.2 Å². The van der Waals surface area contributed by atoms with Gasteiger partial charge in [-0.3, -0.25) is 14.0 Å². The second-order valence-electron chi connectivity index (χ2n) is 7.76. The summed E-state index contributed by atoms with van der Waals surface area (Å²) in [5.74, 6) is 0.745. The minimum Gasteiger partial charge on any atom is -0.275 e. The van der Waals surface area contributed by atoms with Gasteiger partial charge in [0.2, 0.25) is 0 Å². The standard InChI is InChI=1S/C22H22N4O/c1-22(2,3)21-24-18-12-8-11-17(15-13-23-25(4)14-15)19(18)20(27)26(21)16-9-6-5-7-10-16/h5-14H,1-4H3. The summed E-state index contributed by atoms with van der Waals surface area (Å²) in [4.78, 5) is 18.6. The molecule has 136 valence electrons. The summed E-state index contributed by atoms with van der Waals surface area (Å²) in [6.07, 6.45) is 3.69. The first-order valence-electron chi connectivity index (χ1n) is 8.97. The van der Waals surface area contributed by atoms with Crippen molar-refractivity contribution in [2.24, 2.45) is 7.05 Å². The van der Waals surface area contributed by atoms with E-state index in [1.807, 2.05) is 61.8 Å². The van der Waals surface area contributed by atoms with Crippen LogP contribution in [0.4, 0.5) is 0 Å². The Bertz CT molecular complexity index is 1180. The van der Waals surface area contributed by atoms with Gasteiger partial charge in [-0.2, -0.15) is 5.10 Å². The molecule has 0 aliphatic carbocycles. The van der Waals surface area contributed by atoms with Crippen molar-refractivity contribution in [1.82, 2.24) is 19.3 Å². The lowest BCUT2D eigenvalue weighted by Gasteiger charge is -2.24. The number of nitrogens with zero attached hydrogens (tertiary/aromatic N) is 4. The van der Waals surface area contributed by atoms with Crippen LogP contribution in [-0.4, -0.2) is 19.3 Å². The number of aryl methyl sites for hydroxylation is 1. The first-order chi connectivity index (χ1) is 12.9. The van der Waals surface area contributed by atoms with E-state index in [1.54, 1.807) is 15.4 Å². The Morgan fingerprint density at radius 1 is 0.963 bits per heavy atom. The average Bonchev–Trinajstić information content (AvgIpc) is 3.07. The smallest absolute Gasteiger partial charge is 0.266 e. The molecule has 0 saturated heterocycles. The molecule has 2 aromatic heterocycles. The van der Waals surface area contributed by atoms with Crippen LogP contribution in [-0.2, 0) is 12.5 Å². The molecule has 0 bridgehead atoms. The van der Waals surface area contributed by atoms with Crippen molar-refractivity contribution in [3.63, 3.8) is 0 Å². The third kappa shape index (κ3) is 2.95. The maximum atomic E-state index is 13.7. The van der Waals surface area contributed by atoms with Gasteiger partial charge >= 0.3 is 0 Å². The monoisotopic (exact) mass is 358 g/mol. The number of hydrogen-bond donors (Lipinski definition) is 0. The molecule has 0 radical (unpaired) electrons.